The molecule has 0 saturated heterocycles. The molecule has 0 aliphatic carbocycles. The minimum atomic E-state index is -1.06. The van der Waals surface area contributed by atoms with Crippen LogP contribution in [-0.2, 0) is 4.79 Å². The predicted molar refractivity (Wildman–Crippen MR) is 54.3 cm³/mol. The largest absolute Gasteiger partial charge is 0.478 e. The molecule has 6 nitrogen and oxygen atoms in total. The molecule has 3 N–H and O–H groups in total. The Labute approximate surface area is 86.4 Å². The van der Waals surface area contributed by atoms with Crippen molar-refractivity contribution in [1.82, 2.24) is 9.97 Å². The normalized spacial score (nSPS) is 10.5. The van der Waals surface area contributed by atoms with Gasteiger partial charge in [-0.2, -0.15) is 4.98 Å². The van der Waals surface area contributed by atoms with Gasteiger partial charge in [0.15, 0.2) is 0 Å². The van der Waals surface area contributed by atoms with E-state index < -0.39 is 5.97 Å². The van der Waals surface area contributed by atoms with E-state index in [2.05, 4.69) is 9.97 Å². The maximum absolute atomic E-state index is 10.3. The van der Waals surface area contributed by atoms with Crippen molar-refractivity contribution < 1.29 is 14.6 Å². The molecule has 0 aliphatic heterocycles. The highest BCUT2D eigenvalue weighted by atomic mass is 16.5. The van der Waals surface area contributed by atoms with E-state index in [1.54, 1.807) is 6.92 Å². The first-order valence-electron chi connectivity index (χ1n) is 4.29. The summed E-state index contributed by atoms with van der Waals surface area (Å²) < 4.78 is 5.15. The molecule has 1 aromatic rings. The number of carbonyl (C=O) groups is 1. The van der Waals surface area contributed by atoms with E-state index in [1.807, 2.05) is 0 Å². The molecule has 0 saturated carbocycles. The van der Waals surface area contributed by atoms with Gasteiger partial charge in [0.05, 0.1) is 12.8 Å². The molecule has 0 amide bonds. The maximum Gasteiger partial charge on any atom is 0.328 e. The zero-order valence-electron chi connectivity index (χ0n) is 8.17. The molecule has 0 aliphatic rings. The quantitative estimate of drug-likeness (QED) is 0.703. The van der Waals surface area contributed by atoms with Gasteiger partial charge in [0.2, 0.25) is 5.88 Å². The van der Waals surface area contributed by atoms with Crippen LogP contribution < -0.4 is 10.5 Å². The van der Waals surface area contributed by atoms with Gasteiger partial charge in [0.25, 0.3) is 0 Å². The van der Waals surface area contributed by atoms with Gasteiger partial charge in [0.1, 0.15) is 11.5 Å². The van der Waals surface area contributed by atoms with E-state index in [4.69, 9.17) is 15.6 Å². The van der Waals surface area contributed by atoms with E-state index >= 15 is 0 Å². The molecule has 0 bridgehead atoms. The predicted octanol–water partition coefficient (Wildman–Crippen LogP) is 0.555. The highest BCUT2D eigenvalue weighted by Crippen LogP contribution is 2.15. The molecule has 0 unspecified atom stereocenters. The van der Waals surface area contributed by atoms with Gasteiger partial charge in [-0.25, -0.2) is 9.78 Å². The monoisotopic (exact) mass is 209 g/mol. The number of nitrogen functional groups attached to an aromatic ring is 1. The zero-order chi connectivity index (χ0) is 11.3. The van der Waals surface area contributed by atoms with Gasteiger partial charge in [-0.05, 0) is 13.0 Å². The Balaban J connectivity index is 3.00. The second kappa shape index (κ2) is 4.94. The Morgan fingerprint density at radius 1 is 1.73 bits per heavy atom. The van der Waals surface area contributed by atoms with Crippen molar-refractivity contribution in [2.45, 2.75) is 6.92 Å². The van der Waals surface area contributed by atoms with Crippen molar-refractivity contribution in [2.75, 3.05) is 12.3 Å². The molecule has 1 heterocycles. The number of hydrogen-bond donors (Lipinski definition) is 2. The number of hydrogen-bond acceptors (Lipinski definition) is 5. The Kier molecular flexibility index (Phi) is 3.61. The molecule has 1 aromatic heterocycles. The smallest absolute Gasteiger partial charge is 0.328 e. The fourth-order valence-electron chi connectivity index (χ4n) is 0.902. The number of rotatable bonds is 4. The molecular formula is C9H11N3O3. The van der Waals surface area contributed by atoms with Crippen LogP contribution in [0.2, 0.25) is 0 Å². The number of nitrogens with two attached hydrogens (primary N) is 1. The van der Waals surface area contributed by atoms with Crippen LogP contribution >= 0.6 is 0 Å². The fraction of sp³-hybridized carbons (Fsp3) is 0.222. The number of carboxylic acids is 1. The second-order valence-electron chi connectivity index (χ2n) is 2.59. The number of nitrogens with zero attached hydrogens (tertiary/aromatic N) is 2. The van der Waals surface area contributed by atoms with Crippen LogP contribution in [0.3, 0.4) is 0 Å². The molecule has 80 valence electrons. The van der Waals surface area contributed by atoms with Gasteiger partial charge in [-0.1, -0.05) is 0 Å². The first kappa shape index (κ1) is 11.0. The average molecular weight is 209 g/mol. The molecule has 6 heteroatoms. The van der Waals surface area contributed by atoms with Crippen LogP contribution in [0.5, 0.6) is 5.88 Å². The summed E-state index contributed by atoms with van der Waals surface area (Å²) >= 11 is 0. The van der Waals surface area contributed by atoms with Crippen LogP contribution in [0.15, 0.2) is 12.3 Å². The highest BCUT2D eigenvalue weighted by Gasteiger charge is 2.04. The molecule has 15 heavy (non-hydrogen) atoms. The third-order valence-corrected chi connectivity index (χ3v) is 1.45. The first-order chi connectivity index (χ1) is 7.13. The lowest BCUT2D eigenvalue weighted by molar-refractivity contribution is -0.131. The summed E-state index contributed by atoms with van der Waals surface area (Å²) in [7, 11) is 0. The molecule has 1 rings (SSSR count). The van der Waals surface area contributed by atoms with Crippen molar-refractivity contribution in [3.05, 3.63) is 18.0 Å². The van der Waals surface area contributed by atoms with Gasteiger partial charge >= 0.3 is 5.97 Å². The third kappa shape index (κ3) is 3.26. The maximum atomic E-state index is 10.3. The molecular weight excluding hydrogens is 198 g/mol. The third-order valence-electron chi connectivity index (χ3n) is 1.45. The van der Waals surface area contributed by atoms with Gasteiger partial charge in [-0.3, -0.25) is 0 Å². The number of anilines is 1. The SMILES string of the molecule is CCOc1nc(N)cnc1/C=C/C(=O)O. The molecule has 0 radical (unpaired) electrons. The second-order valence-corrected chi connectivity index (χ2v) is 2.59. The van der Waals surface area contributed by atoms with Crippen LogP contribution in [0, 0.1) is 0 Å². The summed E-state index contributed by atoms with van der Waals surface area (Å²) in [6.07, 6.45) is 3.60. The van der Waals surface area contributed by atoms with Crippen molar-refractivity contribution in [1.29, 1.82) is 0 Å². The van der Waals surface area contributed by atoms with Crippen LogP contribution in [0.1, 0.15) is 12.6 Å². The fourth-order valence-corrected chi connectivity index (χ4v) is 0.902. The van der Waals surface area contributed by atoms with E-state index in [1.165, 1.54) is 12.3 Å². The lowest BCUT2D eigenvalue weighted by Gasteiger charge is -2.04. The lowest BCUT2D eigenvalue weighted by Crippen LogP contribution is -2.02. The number of aliphatic carboxylic acids is 1. The minimum absolute atomic E-state index is 0.228. The van der Waals surface area contributed by atoms with Crippen molar-refractivity contribution >= 4 is 17.9 Å². The van der Waals surface area contributed by atoms with Crippen LogP contribution in [-0.4, -0.2) is 27.7 Å². The minimum Gasteiger partial charge on any atom is -0.478 e. The van der Waals surface area contributed by atoms with Gasteiger partial charge in [0, 0.05) is 6.08 Å². The summed E-state index contributed by atoms with van der Waals surface area (Å²) in [5.74, 6) is -0.600. The first-order valence-corrected chi connectivity index (χ1v) is 4.29. The Morgan fingerprint density at radius 3 is 3.07 bits per heavy atom. The van der Waals surface area contributed by atoms with E-state index in [-0.39, 0.29) is 11.7 Å². The summed E-state index contributed by atoms with van der Waals surface area (Å²) in [4.78, 5) is 18.1. The van der Waals surface area contributed by atoms with Crippen LogP contribution in [0.4, 0.5) is 5.82 Å². The summed E-state index contributed by atoms with van der Waals surface area (Å²) in [6, 6.07) is 0. The van der Waals surface area contributed by atoms with E-state index in [0.29, 0.717) is 12.3 Å². The molecule has 0 aromatic carbocycles. The zero-order valence-corrected chi connectivity index (χ0v) is 8.17. The van der Waals surface area contributed by atoms with Gasteiger partial charge < -0.3 is 15.6 Å². The van der Waals surface area contributed by atoms with E-state index in [9.17, 15) is 4.79 Å². The van der Waals surface area contributed by atoms with E-state index in [0.717, 1.165) is 6.08 Å². The summed E-state index contributed by atoms with van der Waals surface area (Å²) in [5.41, 5.74) is 5.76. The summed E-state index contributed by atoms with van der Waals surface area (Å²) in [6.45, 7) is 2.20. The number of carboxylic acid groups (broad SMARTS) is 1. The van der Waals surface area contributed by atoms with Crippen LogP contribution in [0.25, 0.3) is 6.08 Å². The Hall–Kier alpha value is -2.11. The van der Waals surface area contributed by atoms with Crippen molar-refractivity contribution in [2.24, 2.45) is 0 Å². The number of aromatic nitrogens is 2. The topological polar surface area (TPSA) is 98.3 Å². The Morgan fingerprint density at radius 2 is 2.47 bits per heavy atom. The average Bonchev–Trinajstić information content (AvgIpc) is 2.17. The van der Waals surface area contributed by atoms with Crippen molar-refractivity contribution in [3.63, 3.8) is 0 Å². The Bertz CT molecular complexity index is 390. The molecule has 0 spiro atoms. The van der Waals surface area contributed by atoms with Gasteiger partial charge in [-0.15, -0.1) is 0 Å². The molecule has 0 fully saturated rings. The molecule has 0 atom stereocenters. The standard InChI is InChI=1S/C9H11N3O3/c1-2-15-9-6(3-4-8(13)14)11-5-7(10)12-9/h3-5H,2H2,1H3,(H2,10,12)(H,13,14)/b4-3+. The number of ether oxygens (including phenoxy) is 1. The van der Waals surface area contributed by atoms with Crippen molar-refractivity contribution in [3.8, 4) is 5.88 Å². The lowest BCUT2D eigenvalue weighted by atomic mass is 10.3. The summed E-state index contributed by atoms with van der Waals surface area (Å²) in [5, 5.41) is 8.45. The highest BCUT2D eigenvalue weighted by molar-refractivity contribution is 5.85.